The molecule has 4 nitrogen and oxygen atoms in total. The zero-order valence-corrected chi connectivity index (χ0v) is 16.6. The zero-order valence-electron chi connectivity index (χ0n) is 16.6. The summed E-state index contributed by atoms with van der Waals surface area (Å²) in [4.78, 5) is 20.9. The molecule has 1 saturated heterocycles. The largest absolute Gasteiger partial charge is 0.361 e. The third kappa shape index (κ3) is 3.54. The smallest absolute Gasteiger partial charge is 0.254 e. The van der Waals surface area contributed by atoms with Crippen molar-refractivity contribution in [3.63, 3.8) is 0 Å². The van der Waals surface area contributed by atoms with Gasteiger partial charge in [0.25, 0.3) is 5.91 Å². The van der Waals surface area contributed by atoms with Crippen molar-refractivity contribution in [3.8, 4) is 0 Å². The molecule has 5 heteroatoms. The molecule has 0 radical (unpaired) electrons. The van der Waals surface area contributed by atoms with Crippen molar-refractivity contribution in [1.29, 1.82) is 0 Å². The minimum absolute atomic E-state index is 0.0985. The number of piperazine rings is 1. The number of H-pyrrole nitrogens is 1. The van der Waals surface area contributed by atoms with Crippen molar-refractivity contribution in [1.82, 2.24) is 14.8 Å². The van der Waals surface area contributed by atoms with Gasteiger partial charge >= 0.3 is 0 Å². The van der Waals surface area contributed by atoms with E-state index in [1.54, 1.807) is 0 Å². The highest BCUT2D eigenvalue weighted by molar-refractivity contribution is 6.00. The van der Waals surface area contributed by atoms with E-state index in [-0.39, 0.29) is 23.8 Å². The Morgan fingerprint density at radius 3 is 2.61 bits per heavy atom. The van der Waals surface area contributed by atoms with E-state index >= 15 is 0 Å². The van der Waals surface area contributed by atoms with Crippen LogP contribution in [0.15, 0.2) is 48.7 Å². The lowest BCUT2D eigenvalue weighted by Gasteiger charge is -2.44. The van der Waals surface area contributed by atoms with E-state index < -0.39 is 0 Å². The molecular formula is C23H26FN3O. The molecule has 28 heavy (non-hydrogen) atoms. The second-order valence-electron chi connectivity index (χ2n) is 7.94. The van der Waals surface area contributed by atoms with E-state index in [0.717, 1.165) is 40.7 Å². The molecule has 0 bridgehead atoms. The molecule has 146 valence electrons. The molecule has 1 N–H and O–H groups in total. The minimum Gasteiger partial charge on any atom is -0.361 e. The lowest BCUT2D eigenvalue weighted by atomic mass is 10.0. The minimum atomic E-state index is -0.213. The number of nitrogens with zero attached hydrogens (tertiary/aromatic N) is 2. The van der Waals surface area contributed by atoms with Crippen LogP contribution in [0.25, 0.3) is 10.9 Å². The molecule has 1 fully saturated rings. The van der Waals surface area contributed by atoms with Gasteiger partial charge in [-0.05, 0) is 62.2 Å². The third-order valence-electron chi connectivity index (χ3n) is 5.80. The molecule has 3 aromatic rings. The molecule has 0 unspecified atom stereocenters. The number of aromatic amines is 1. The number of fused-ring (bicyclic) bond motifs is 1. The molecular weight excluding hydrogens is 353 g/mol. The summed E-state index contributed by atoms with van der Waals surface area (Å²) in [5.74, 6) is -0.114. The van der Waals surface area contributed by atoms with Gasteiger partial charge in [-0.25, -0.2) is 4.39 Å². The summed E-state index contributed by atoms with van der Waals surface area (Å²) in [6.07, 6.45) is 1.90. The SMILES string of the molecule is Cc1cc2[nH]ccc2cc1C(=O)N1C[C@H](C)N(Cc2ccc(F)cc2)C[C@H]1C. The molecule has 2 aromatic carbocycles. The van der Waals surface area contributed by atoms with Gasteiger partial charge < -0.3 is 9.88 Å². The first-order chi connectivity index (χ1) is 13.4. The van der Waals surface area contributed by atoms with Crippen molar-refractivity contribution in [2.75, 3.05) is 13.1 Å². The van der Waals surface area contributed by atoms with Gasteiger partial charge in [0, 0.05) is 54.4 Å². The summed E-state index contributed by atoms with van der Waals surface area (Å²) >= 11 is 0. The topological polar surface area (TPSA) is 39.3 Å². The molecule has 2 atom stereocenters. The third-order valence-corrected chi connectivity index (χ3v) is 5.80. The van der Waals surface area contributed by atoms with E-state index in [9.17, 15) is 9.18 Å². The molecule has 0 saturated carbocycles. The van der Waals surface area contributed by atoms with E-state index in [1.165, 1.54) is 12.1 Å². The number of carbonyl (C=O) groups is 1. The molecule has 4 rings (SSSR count). The molecule has 1 aliphatic rings. The predicted molar refractivity (Wildman–Crippen MR) is 110 cm³/mol. The first-order valence-electron chi connectivity index (χ1n) is 9.79. The van der Waals surface area contributed by atoms with Gasteiger partial charge in [-0.15, -0.1) is 0 Å². The summed E-state index contributed by atoms with van der Waals surface area (Å²) in [6.45, 7) is 8.50. The van der Waals surface area contributed by atoms with Crippen molar-refractivity contribution >= 4 is 16.8 Å². The molecule has 1 amide bonds. The fourth-order valence-electron chi connectivity index (χ4n) is 4.12. The Morgan fingerprint density at radius 1 is 1.11 bits per heavy atom. The fourth-order valence-corrected chi connectivity index (χ4v) is 4.12. The number of rotatable bonds is 3. The number of hydrogen-bond donors (Lipinski definition) is 1. The summed E-state index contributed by atoms with van der Waals surface area (Å²) < 4.78 is 13.2. The quantitative estimate of drug-likeness (QED) is 0.735. The van der Waals surface area contributed by atoms with E-state index in [2.05, 4.69) is 23.7 Å². The summed E-state index contributed by atoms with van der Waals surface area (Å²) in [6, 6.07) is 13.1. The van der Waals surface area contributed by atoms with Gasteiger partial charge in [-0.3, -0.25) is 9.69 Å². The number of amides is 1. The number of benzene rings is 2. The second-order valence-corrected chi connectivity index (χ2v) is 7.94. The van der Waals surface area contributed by atoms with Gasteiger partial charge in [-0.2, -0.15) is 0 Å². The summed E-state index contributed by atoms with van der Waals surface area (Å²) in [5.41, 5.74) is 3.92. The van der Waals surface area contributed by atoms with Crippen molar-refractivity contribution in [2.45, 2.75) is 39.4 Å². The van der Waals surface area contributed by atoms with Crippen LogP contribution in [-0.4, -0.2) is 45.9 Å². The Kier molecular flexibility index (Phi) is 4.94. The van der Waals surface area contributed by atoms with Crippen LogP contribution in [0.3, 0.4) is 0 Å². The Morgan fingerprint density at radius 2 is 1.86 bits per heavy atom. The molecule has 1 aromatic heterocycles. The van der Waals surface area contributed by atoms with Crippen molar-refractivity contribution in [3.05, 3.63) is 71.2 Å². The van der Waals surface area contributed by atoms with Crippen LogP contribution in [0.4, 0.5) is 4.39 Å². The fraction of sp³-hybridized carbons (Fsp3) is 0.348. The Labute approximate surface area is 165 Å². The normalized spacial score (nSPS) is 20.6. The standard InChI is InChI=1S/C23H26FN3O/c1-15-10-22-19(8-9-25-22)11-21(15)23(28)27-13-16(2)26(12-17(27)3)14-18-4-6-20(24)7-5-18/h4-11,16-17,25H,12-14H2,1-3H3/t16-,17+/m0/s1. The Bertz CT molecular complexity index is 995. The number of nitrogens with one attached hydrogen (secondary N) is 1. The average Bonchev–Trinajstić information content (AvgIpc) is 3.12. The highest BCUT2D eigenvalue weighted by Gasteiger charge is 2.33. The first-order valence-corrected chi connectivity index (χ1v) is 9.79. The Hall–Kier alpha value is -2.66. The van der Waals surface area contributed by atoms with Crippen LogP contribution in [0.2, 0.25) is 0 Å². The van der Waals surface area contributed by atoms with Gasteiger partial charge in [0.2, 0.25) is 0 Å². The highest BCUT2D eigenvalue weighted by atomic mass is 19.1. The van der Waals surface area contributed by atoms with Crippen LogP contribution in [0.5, 0.6) is 0 Å². The predicted octanol–water partition coefficient (Wildman–Crippen LogP) is 4.35. The number of hydrogen-bond acceptors (Lipinski definition) is 2. The van der Waals surface area contributed by atoms with Crippen molar-refractivity contribution < 1.29 is 9.18 Å². The van der Waals surface area contributed by atoms with Crippen LogP contribution in [0.1, 0.15) is 35.3 Å². The second kappa shape index (κ2) is 7.40. The molecule has 2 heterocycles. The molecule has 0 aliphatic carbocycles. The Balaban J connectivity index is 1.51. The average molecular weight is 379 g/mol. The van der Waals surface area contributed by atoms with E-state index in [1.807, 2.05) is 48.4 Å². The number of aryl methyl sites for hydroxylation is 1. The van der Waals surface area contributed by atoms with E-state index in [0.29, 0.717) is 6.54 Å². The van der Waals surface area contributed by atoms with Crippen LogP contribution in [0, 0.1) is 12.7 Å². The maximum Gasteiger partial charge on any atom is 0.254 e. The monoisotopic (exact) mass is 379 g/mol. The van der Waals surface area contributed by atoms with E-state index in [4.69, 9.17) is 0 Å². The number of carbonyl (C=O) groups excluding carboxylic acids is 1. The maximum absolute atomic E-state index is 13.3. The lowest BCUT2D eigenvalue weighted by Crippen LogP contribution is -2.57. The summed E-state index contributed by atoms with van der Waals surface area (Å²) in [7, 11) is 0. The van der Waals surface area contributed by atoms with Crippen LogP contribution >= 0.6 is 0 Å². The van der Waals surface area contributed by atoms with Gasteiger partial charge in [0.1, 0.15) is 5.82 Å². The van der Waals surface area contributed by atoms with Gasteiger partial charge in [0.15, 0.2) is 0 Å². The van der Waals surface area contributed by atoms with Crippen LogP contribution < -0.4 is 0 Å². The van der Waals surface area contributed by atoms with Gasteiger partial charge in [-0.1, -0.05) is 12.1 Å². The molecule has 1 aliphatic heterocycles. The zero-order chi connectivity index (χ0) is 19.8. The van der Waals surface area contributed by atoms with Crippen molar-refractivity contribution in [2.24, 2.45) is 0 Å². The summed E-state index contributed by atoms with van der Waals surface area (Å²) in [5, 5.41) is 1.06. The van der Waals surface area contributed by atoms with Gasteiger partial charge in [0.05, 0.1) is 0 Å². The van der Waals surface area contributed by atoms with Crippen LogP contribution in [-0.2, 0) is 6.54 Å². The highest BCUT2D eigenvalue weighted by Crippen LogP contribution is 2.24. The maximum atomic E-state index is 13.3. The molecule has 0 spiro atoms. The number of aromatic nitrogens is 1. The first kappa shape index (κ1) is 18.7. The number of halogens is 1. The lowest BCUT2D eigenvalue weighted by molar-refractivity contribution is 0.0290.